The number of carbonyl (C=O) groups excluding carboxylic acids is 1. The molecule has 2 heterocycles. The average Bonchev–Trinajstić information content (AvgIpc) is 3.11. The molecule has 1 aromatic heterocycles. The molecule has 0 spiro atoms. The summed E-state index contributed by atoms with van der Waals surface area (Å²) in [5, 5.41) is 7.53. The first-order chi connectivity index (χ1) is 14.0. The number of thiazole rings is 1. The van der Waals surface area contributed by atoms with Gasteiger partial charge >= 0.3 is 5.97 Å². The van der Waals surface area contributed by atoms with Crippen molar-refractivity contribution in [3.8, 4) is 0 Å². The predicted octanol–water partition coefficient (Wildman–Crippen LogP) is 2.36. The van der Waals surface area contributed by atoms with Gasteiger partial charge in [-0.3, -0.25) is 9.89 Å². The number of aryl methyl sites for hydroxylation is 1. The molecule has 1 aliphatic rings. The Bertz CT molecular complexity index is 659. The lowest BCUT2D eigenvalue weighted by Crippen LogP contribution is -2.39. The average molecular weight is 426 g/mol. The number of hydrogen-bond donors (Lipinski definition) is 2. The van der Waals surface area contributed by atoms with Crippen LogP contribution in [-0.4, -0.2) is 74.4 Å². The lowest BCUT2D eigenvalue weighted by atomic mass is 10.3. The molecule has 0 amide bonds. The van der Waals surface area contributed by atoms with Gasteiger partial charge in [0.05, 0.1) is 31.6 Å². The molecule has 1 aliphatic heterocycles. The van der Waals surface area contributed by atoms with Gasteiger partial charge in [-0.05, 0) is 47.1 Å². The molecule has 2 rings (SSSR count). The first-order valence-corrected chi connectivity index (χ1v) is 11.4. The van der Waals surface area contributed by atoms with Gasteiger partial charge in [0.25, 0.3) is 0 Å². The summed E-state index contributed by atoms with van der Waals surface area (Å²) in [5.74, 6) is 0.471. The van der Waals surface area contributed by atoms with Gasteiger partial charge < -0.3 is 20.1 Å². The van der Waals surface area contributed by atoms with E-state index in [0.29, 0.717) is 17.2 Å². The highest BCUT2D eigenvalue weighted by Gasteiger charge is 2.20. The van der Waals surface area contributed by atoms with Crippen molar-refractivity contribution in [2.75, 3.05) is 52.5 Å². The zero-order valence-electron chi connectivity index (χ0n) is 18.1. The van der Waals surface area contributed by atoms with E-state index in [0.717, 1.165) is 69.7 Å². The van der Waals surface area contributed by atoms with Crippen molar-refractivity contribution in [1.29, 1.82) is 0 Å². The summed E-state index contributed by atoms with van der Waals surface area (Å²) in [6, 6.07) is -0.0481. The van der Waals surface area contributed by atoms with Crippen LogP contribution in [0.15, 0.2) is 4.99 Å². The number of esters is 1. The van der Waals surface area contributed by atoms with Crippen LogP contribution in [0.2, 0.25) is 0 Å². The van der Waals surface area contributed by atoms with Crippen LogP contribution in [-0.2, 0) is 9.47 Å². The molecule has 1 saturated heterocycles. The third kappa shape index (κ3) is 7.91. The molecule has 0 bridgehead atoms. The van der Waals surface area contributed by atoms with Gasteiger partial charge in [-0.15, -0.1) is 11.3 Å². The number of ether oxygens (including phenoxy) is 2. The predicted molar refractivity (Wildman–Crippen MR) is 117 cm³/mol. The number of guanidine groups is 1. The molecule has 29 heavy (non-hydrogen) atoms. The Morgan fingerprint density at radius 2 is 2.10 bits per heavy atom. The van der Waals surface area contributed by atoms with Crippen LogP contribution in [0.5, 0.6) is 0 Å². The van der Waals surface area contributed by atoms with Gasteiger partial charge in [0.15, 0.2) is 5.96 Å². The lowest BCUT2D eigenvalue weighted by molar-refractivity contribution is 0.0373. The van der Waals surface area contributed by atoms with Crippen LogP contribution in [0, 0.1) is 6.92 Å². The number of unbranched alkanes of at least 4 members (excludes halogenated alkanes) is 1. The van der Waals surface area contributed by atoms with E-state index in [2.05, 4.69) is 20.5 Å². The number of hydrogen-bond acceptors (Lipinski definition) is 7. The molecule has 164 valence electrons. The van der Waals surface area contributed by atoms with Crippen molar-refractivity contribution in [3.05, 3.63) is 15.6 Å². The van der Waals surface area contributed by atoms with E-state index < -0.39 is 0 Å². The fourth-order valence-electron chi connectivity index (χ4n) is 3.04. The Hall–Kier alpha value is -1.71. The summed E-state index contributed by atoms with van der Waals surface area (Å²) in [7, 11) is 0. The van der Waals surface area contributed by atoms with Crippen LogP contribution in [0.3, 0.4) is 0 Å². The maximum Gasteiger partial charge on any atom is 0.350 e. The number of nitrogens with zero attached hydrogens (tertiary/aromatic N) is 3. The molecule has 1 aromatic rings. The van der Waals surface area contributed by atoms with E-state index in [1.54, 1.807) is 6.92 Å². The third-order valence-corrected chi connectivity index (χ3v) is 5.92. The SMILES string of the molecule is CCNC(=NCCCCN1CCOCC1)NC(C)c1nc(C)c(C(=O)OCC)s1. The first-order valence-electron chi connectivity index (χ1n) is 10.5. The number of aliphatic imine (C=N–C) groups is 1. The van der Waals surface area contributed by atoms with Crippen molar-refractivity contribution >= 4 is 23.3 Å². The smallest absolute Gasteiger partial charge is 0.350 e. The minimum atomic E-state index is -0.304. The summed E-state index contributed by atoms with van der Waals surface area (Å²) in [5.41, 5.74) is 0.710. The zero-order chi connectivity index (χ0) is 21.1. The van der Waals surface area contributed by atoms with Gasteiger partial charge in [0, 0.05) is 26.2 Å². The Morgan fingerprint density at radius 1 is 1.34 bits per heavy atom. The Morgan fingerprint density at radius 3 is 2.79 bits per heavy atom. The Balaban J connectivity index is 1.84. The largest absolute Gasteiger partial charge is 0.462 e. The quantitative estimate of drug-likeness (QED) is 0.257. The normalized spacial score (nSPS) is 16.5. The summed E-state index contributed by atoms with van der Waals surface area (Å²) >= 11 is 1.38. The molecule has 9 heteroatoms. The van der Waals surface area contributed by atoms with Crippen LogP contribution in [0.1, 0.15) is 60.0 Å². The minimum absolute atomic E-state index is 0.0481. The second-order valence-electron chi connectivity index (χ2n) is 6.97. The van der Waals surface area contributed by atoms with Crippen molar-refractivity contribution in [2.24, 2.45) is 4.99 Å². The molecule has 8 nitrogen and oxygen atoms in total. The van der Waals surface area contributed by atoms with Crippen LogP contribution in [0.4, 0.5) is 0 Å². The first kappa shape index (κ1) is 23.6. The monoisotopic (exact) mass is 425 g/mol. The molecule has 1 unspecified atom stereocenters. The van der Waals surface area contributed by atoms with E-state index >= 15 is 0 Å². The van der Waals surface area contributed by atoms with Gasteiger partial charge in [-0.2, -0.15) is 0 Å². The van der Waals surface area contributed by atoms with Crippen LogP contribution < -0.4 is 10.6 Å². The topological polar surface area (TPSA) is 88.1 Å². The van der Waals surface area contributed by atoms with Gasteiger partial charge in [-0.25, -0.2) is 9.78 Å². The van der Waals surface area contributed by atoms with E-state index in [9.17, 15) is 4.79 Å². The van der Waals surface area contributed by atoms with Gasteiger partial charge in [-0.1, -0.05) is 0 Å². The molecular formula is C20H35N5O3S. The van der Waals surface area contributed by atoms with E-state index in [-0.39, 0.29) is 12.0 Å². The molecular weight excluding hydrogens is 390 g/mol. The molecule has 0 aliphatic carbocycles. The van der Waals surface area contributed by atoms with Crippen molar-refractivity contribution in [1.82, 2.24) is 20.5 Å². The standard InChI is InChI=1S/C20H35N5O3S/c1-5-21-20(22-9-7-8-10-25-11-13-27-14-12-25)24-16(4)18-23-15(3)17(29-18)19(26)28-6-2/h16H,5-14H2,1-4H3,(H2,21,22,24). The number of carbonyl (C=O) groups is 1. The molecule has 0 saturated carbocycles. The maximum atomic E-state index is 12.0. The molecule has 2 N–H and O–H groups in total. The highest BCUT2D eigenvalue weighted by molar-refractivity contribution is 7.13. The molecule has 0 radical (unpaired) electrons. The minimum Gasteiger partial charge on any atom is -0.462 e. The number of nitrogens with one attached hydrogen (secondary N) is 2. The fraction of sp³-hybridized carbons (Fsp3) is 0.750. The Labute approximate surface area is 178 Å². The lowest BCUT2D eigenvalue weighted by Gasteiger charge is -2.26. The van der Waals surface area contributed by atoms with Crippen LogP contribution in [0.25, 0.3) is 0 Å². The number of morpholine rings is 1. The summed E-state index contributed by atoms with van der Waals surface area (Å²) in [4.78, 5) is 24.3. The maximum absolute atomic E-state index is 12.0. The van der Waals surface area contributed by atoms with E-state index in [1.165, 1.54) is 11.3 Å². The number of aromatic nitrogens is 1. The fourth-order valence-corrected chi connectivity index (χ4v) is 4.00. The number of rotatable bonds is 10. The second kappa shape index (κ2) is 12.8. The van der Waals surface area contributed by atoms with E-state index in [4.69, 9.17) is 14.5 Å². The highest BCUT2D eigenvalue weighted by Crippen LogP contribution is 2.24. The van der Waals surface area contributed by atoms with Crippen LogP contribution >= 0.6 is 11.3 Å². The molecule has 1 fully saturated rings. The summed E-state index contributed by atoms with van der Waals surface area (Å²) < 4.78 is 10.5. The van der Waals surface area contributed by atoms with Crippen molar-refractivity contribution in [3.63, 3.8) is 0 Å². The molecule has 0 aromatic carbocycles. The van der Waals surface area contributed by atoms with Gasteiger partial charge in [0.1, 0.15) is 9.88 Å². The van der Waals surface area contributed by atoms with Crippen molar-refractivity contribution in [2.45, 2.75) is 46.6 Å². The summed E-state index contributed by atoms with van der Waals surface area (Å²) in [6.07, 6.45) is 2.18. The Kier molecular flexibility index (Phi) is 10.4. The van der Waals surface area contributed by atoms with Gasteiger partial charge in [0.2, 0.25) is 0 Å². The zero-order valence-corrected chi connectivity index (χ0v) is 18.9. The van der Waals surface area contributed by atoms with Crippen molar-refractivity contribution < 1.29 is 14.3 Å². The summed E-state index contributed by atoms with van der Waals surface area (Å²) in [6.45, 7) is 14.5. The molecule has 1 atom stereocenters. The second-order valence-corrected chi connectivity index (χ2v) is 8.01. The third-order valence-electron chi connectivity index (χ3n) is 4.60. The van der Waals surface area contributed by atoms with E-state index in [1.807, 2.05) is 20.8 Å². The highest BCUT2D eigenvalue weighted by atomic mass is 32.1.